The van der Waals surface area contributed by atoms with Crippen molar-refractivity contribution in [1.82, 2.24) is 9.62 Å². The number of rotatable bonds is 4. The van der Waals surface area contributed by atoms with Gasteiger partial charge in [-0.3, -0.25) is 0 Å². The monoisotopic (exact) mass is 332 g/mol. The fourth-order valence-electron chi connectivity index (χ4n) is 2.25. The van der Waals surface area contributed by atoms with Crippen molar-refractivity contribution in [2.45, 2.75) is 23.8 Å². The predicted octanol–water partition coefficient (Wildman–Crippen LogP) is 1.41. The number of carboxylic acid groups (broad SMARTS) is 1. The normalized spacial score (nSPS) is 17.8. The molecule has 8 heteroatoms. The van der Waals surface area contributed by atoms with Crippen LogP contribution in [0, 0.1) is 0 Å². The van der Waals surface area contributed by atoms with Crippen LogP contribution in [0.15, 0.2) is 23.1 Å². The SMILES string of the molecule is CN1CCC(NS(=O)(=O)c2ccc(C(=O)O)c(Cl)c2)CC1. The Balaban J connectivity index is 2.16. The summed E-state index contributed by atoms with van der Waals surface area (Å²) in [5, 5.41) is 8.80. The molecule has 0 spiro atoms. The van der Waals surface area contributed by atoms with Crippen LogP contribution in [0.1, 0.15) is 23.2 Å². The summed E-state index contributed by atoms with van der Waals surface area (Å²) < 4.78 is 27.2. The first-order valence-corrected chi connectivity index (χ1v) is 8.39. The van der Waals surface area contributed by atoms with Gasteiger partial charge in [0.15, 0.2) is 0 Å². The average molecular weight is 333 g/mol. The van der Waals surface area contributed by atoms with Crippen LogP contribution in [0.5, 0.6) is 0 Å². The maximum Gasteiger partial charge on any atom is 0.337 e. The van der Waals surface area contributed by atoms with Crippen LogP contribution < -0.4 is 4.72 Å². The van der Waals surface area contributed by atoms with Crippen molar-refractivity contribution >= 4 is 27.6 Å². The molecule has 0 bridgehead atoms. The van der Waals surface area contributed by atoms with Gasteiger partial charge in [0.2, 0.25) is 10.0 Å². The summed E-state index contributed by atoms with van der Waals surface area (Å²) >= 11 is 5.81. The fraction of sp³-hybridized carbons (Fsp3) is 0.462. The molecule has 2 N–H and O–H groups in total. The molecule has 0 radical (unpaired) electrons. The van der Waals surface area contributed by atoms with E-state index >= 15 is 0 Å². The Hall–Kier alpha value is -1.15. The Labute approximate surface area is 128 Å². The van der Waals surface area contributed by atoms with Crippen LogP contribution in [0.2, 0.25) is 5.02 Å². The number of halogens is 1. The highest BCUT2D eigenvalue weighted by molar-refractivity contribution is 7.89. The van der Waals surface area contributed by atoms with E-state index in [0.717, 1.165) is 25.9 Å². The zero-order valence-corrected chi connectivity index (χ0v) is 13.1. The Morgan fingerprint density at radius 2 is 2.00 bits per heavy atom. The van der Waals surface area contributed by atoms with E-state index in [9.17, 15) is 13.2 Å². The fourth-order valence-corrected chi connectivity index (χ4v) is 3.91. The average Bonchev–Trinajstić information content (AvgIpc) is 2.40. The lowest BCUT2D eigenvalue weighted by atomic mass is 10.1. The minimum absolute atomic E-state index is 0.0172. The largest absolute Gasteiger partial charge is 0.478 e. The maximum absolute atomic E-state index is 12.3. The van der Waals surface area contributed by atoms with Gasteiger partial charge in [0, 0.05) is 6.04 Å². The second kappa shape index (κ2) is 6.31. The quantitative estimate of drug-likeness (QED) is 0.870. The molecular weight excluding hydrogens is 316 g/mol. The van der Waals surface area contributed by atoms with Gasteiger partial charge in [-0.2, -0.15) is 0 Å². The Morgan fingerprint density at radius 3 is 2.52 bits per heavy atom. The molecule has 1 aliphatic heterocycles. The van der Waals surface area contributed by atoms with Gasteiger partial charge >= 0.3 is 5.97 Å². The Kier molecular flexibility index (Phi) is 4.88. The van der Waals surface area contributed by atoms with E-state index in [1.165, 1.54) is 18.2 Å². The highest BCUT2D eigenvalue weighted by Crippen LogP contribution is 2.22. The van der Waals surface area contributed by atoms with E-state index in [0.29, 0.717) is 0 Å². The molecule has 0 unspecified atom stereocenters. The molecule has 1 saturated heterocycles. The molecule has 1 aromatic carbocycles. The molecule has 116 valence electrons. The predicted molar refractivity (Wildman–Crippen MR) is 79.3 cm³/mol. The number of sulfonamides is 1. The minimum Gasteiger partial charge on any atom is -0.478 e. The molecule has 6 nitrogen and oxygen atoms in total. The number of benzene rings is 1. The molecule has 1 heterocycles. The zero-order chi connectivity index (χ0) is 15.6. The van der Waals surface area contributed by atoms with Crippen LogP contribution >= 0.6 is 11.6 Å². The molecular formula is C13H17ClN2O4S. The van der Waals surface area contributed by atoms with Gasteiger partial charge in [0.1, 0.15) is 0 Å². The van der Waals surface area contributed by atoms with Crippen molar-refractivity contribution in [2.75, 3.05) is 20.1 Å². The van der Waals surface area contributed by atoms with Gasteiger partial charge in [-0.25, -0.2) is 17.9 Å². The number of aromatic carboxylic acids is 1. The number of hydrogen-bond donors (Lipinski definition) is 2. The summed E-state index contributed by atoms with van der Waals surface area (Å²) in [5.74, 6) is -1.19. The summed E-state index contributed by atoms with van der Waals surface area (Å²) in [6.45, 7) is 1.68. The molecule has 1 aliphatic rings. The highest BCUT2D eigenvalue weighted by Gasteiger charge is 2.24. The molecule has 0 aliphatic carbocycles. The lowest BCUT2D eigenvalue weighted by molar-refractivity contribution is 0.0697. The maximum atomic E-state index is 12.3. The van der Waals surface area contributed by atoms with Crippen LogP contribution in [-0.2, 0) is 10.0 Å². The van der Waals surface area contributed by atoms with Gasteiger partial charge in [-0.15, -0.1) is 0 Å². The second-order valence-electron chi connectivity index (χ2n) is 5.15. The number of nitrogens with one attached hydrogen (secondary N) is 1. The molecule has 0 aromatic heterocycles. The molecule has 0 atom stereocenters. The van der Waals surface area contributed by atoms with Crippen LogP contribution in [0.25, 0.3) is 0 Å². The van der Waals surface area contributed by atoms with Gasteiger partial charge in [0.25, 0.3) is 0 Å². The summed E-state index contributed by atoms with van der Waals surface area (Å²) in [6.07, 6.45) is 1.49. The highest BCUT2D eigenvalue weighted by atomic mass is 35.5. The number of likely N-dealkylation sites (tertiary alicyclic amines) is 1. The topological polar surface area (TPSA) is 86.7 Å². The number of piperidine rings is 1. The first kappa shape index (κ1) is 16.2. The summed E-state index contributed by atoms with van der Waals surface area (Å²) in [5.41, 5.74) is -0.116. The van der Waals surface area contributed by atoms with Gasteiger partial charge in [-0.05, 0) is 51.2 Å². The van der Waals surface area contributed by atoms with E-state index in [4.69, 9.17) is 16.7 Å². The van der Waals surface area contributed by atoms with E-state index in [1.54, 1.807) is 0 Å². The van der Waals surface area contributed by atoms with Crippen molar-refractivity contribution in [1.29, 1.82) is 0 Å². The summed E-state index contributed by atoms with van der Waals surface area (Å²) in [6, 6.07) is 3.52. The lowest BCUT2D eigenvalue weighted by Gasteiger charge is -2.29. The Morgan fingerprint density at radius 1 is 1.38 bits per heavy atom. The number of hydrogen-bond acceptors (Lipinski definition) is 4. The molecule has 1 aromatic rings. The molecule has 2 rings (SSSR count). The van der Waals surface area contributed by atoms with Crippen molar-refractivity contribution < 1.29 is 18.3 Å². The van der Waals surface area contributed by atoms with Crippen LogP contribution in [0.4, 0.5) is 0 Å². The first-order chi connectivity index (χ1) is 9.79. The standard InChI is InChI=1S/C13H17ClN2O4S/c1-16-6-4-9(5-7-16)15-21(19,20)10-2-3-11(13(17)18)12(14)8-10/h2-3,8-9,15H,4-7H2,1H3,(H,17,18). The lowest BCUT2D eigenvalue weighted by Crippen LogP contribution is -2.43. The van der Waals surface area contributed by atoms with Gasteiger partial charge in [-0.1, -0.05) is 11.6 Å². The number of carboxylic acids is 1. The van der Waals surface area contributed by atoms with Crippen LogP contribution in [-0.4, -0.2) is 50.6 Å². The molecule has 0 amide bonds. The van der Waals surface area contributed by atoms with Crippen molar-refractivity contribution in [2.24, 2.45) is 0 Å². The molecule has 1 fully saturated rings. The summed E-state index contributed by atoms with van der Waals surface area (Å²) in [4.78, 5) is 13.0. The molecule has 0 saturated carbocycles. The number of nitrogens with zero attached hydrogens (tertiary/aromatic N) is 1. The van der Waals surface area contributed by atoms with E-state index in [2.05, 4.69) is 9.62 Å². The summed E-state index contributed by atoms with van der Waals surface area (Å²) in [7, 11) is -1.69. The van der Waals surface area contributed by atoms with Gasteiger partial charge in [0.05, 0.1) is 15.5 Å². The van der Waals surface area contributed by atoms with Crippen molar-refractivity contribution in [3.63, 3.8) is 0 Å². The number of carbonyl (C=O) groups is 1. The third-order valence-electron chi connectivity index (χ3n) is 3.52. The van der Waals surface area contributed by atoms with E-state index in [1.807, 2.05) is 7.05 Å². The Bertz CT molecular complexity index is 640. The van der Waals surface area contributed by atoms with E-state index in [-0.39, 0.29) is 21.5 Å². The molecule has 21 heavy (non-hydrogen) atoms. The third kappa shape index (κ3) is 3.94. The smallest absolute Gasteiger partial charge is 0.337 e. The van der Waals surface area contributed by atoms with Crippen molar-refractivity contribution in [3.05, 3.63) is 28.8 Å². The first-order valence-electron chi connectivity index (χ1n) is 6.53. The minimum atomic E-state index is -3.69. The van der Waals surface area contributed by atoms with Gasteiger partial charge < -0.3 is 10.0 Å². The van der Waals surface area contributed by atoms with E-state index < -0.39 is 16.0 Å². The van der Waals surface area contributed by atoms with Crippen molar-refractivity contribution in [3.8, 4) is 0 Å². The zero-order valence-electron chi connectivity index (χ0n) is 11.5. The third-order valence-corrected chi connectivity index (χ3v) is 5.35. The second-order valence-corrected chi connectivity index (χ2v) is 7.27. The van der Waals surface area contributed by atoms with Crippen LogP contribution in [0.3, 0.4) is 0 Å².